The Labute approximate surface area is 130 Å². The molecule has 0 aliphatic heterocycles. The molecule has 21 heavy (non-hydrogen) atoms. The van der Waals surface area contributed by atoms with E-state index in [0.717, 1.165) is 25.6 Å². The van der Waals surface area contributed by atoms with Gasteiger partial charge in [0, 0.05) is 19.6 Å². The monoisotopic (exact) mass is 288 g/mol. The third kappa shape index (κ3) is 4.82. The van der Waals surface area contributed by atoms with Crippen molar-refractivity contribution in [1.82, 2.24) is 10.2 Å². The molecule has 1 aromatic rings. The third-order valence-corrected chi connectivity index (χ3v) is 4.99. The number of rotatable bonds is 7. The van der Waals surface area contributed by atoms with E-state index in [4.69, 9.17) is 0 Å². The highest BCUT2D eigenvalue weighted by Gasteiger charge is 2.35. The average molecular weight is 288 g/mol. The summed E-state index contributed by atoms with van der Waals surface area (Å²) < 4.78 is 0. The summed E-state index contributed by atoms with van der Waals surface area (Å²) in [4.78, 5) is 2.63. The van der Waals surface area contributed by atoms with Gasteiger partial charge in [-0.2, -0.15) is 0 Å². The molecule has 0 spiro atoms. The highest BCUT2D eigenvalue weighted by Crippen LogP contribution is 2.39. The summed E-state index contributed by atoms with van der Waals surface area (Å²) in [6.07, 6.45) is 5.56. The Morgan fingerprint density at radius 3 is 2.67 bits per heavy atom. The first-order chi connectivity index (χ1) is 10.2. The van der Waals surface area contributed by atoms with Crippen molar-refractivity contribution in [3.05, 3.63) is 35.9 Å². The van der Waals surface area contributed by atoms with E-state index >= 15 is 0 Å². The van der Waals surface area contributed by atoms with E-state index in [9.17, 15) is 0 Å². The van der Waals surface area contributed by atoms with E-state index in [1.807, 2.05) is 0 Å². The predicted molar refractivity (Wildman–Crippen MR) is 91.4 cm³/mol. The molecule has 2 heteroatoms. The van der Waals surface area contributed by atoms with Crippen molar-refractivity contribution in [1.29, 1.82) is 0 Å². The van der Waals surface area contributed by atoms with Gasteiger partial charge in [-0.25, -0.2) is 0 Å². The van der Waals surface area contributed by atoms with Gasteiger partial charge in [0.1, 0.15) is 0 Å². The molecule has 0 saturated heterocycles. The smallest absolute Gasteiger partial charge is 0.0233 e. The van der Waals surface area contributed by atoms with E-state index in [-0.39, 0.29) is 0 Å². The van der Waals surface area contributed by atoms with E-state index in [1.165, 1.54) is 37.8 Å². The van der Waals surface area contributed by atoms with E-state index < -0.39 is 0 Å². The first-order valence-electron chi connectivity index (χ1n) is 8.58. The van der Waals surface area contributed by atoms with Crippen LogP contribution in [0, 0.1) is 11.3 Å². The normalized spacial score (nSPS) is 26.2. The highest BCUT2D eigenvalue weighted by molar-refractivity contribution is 5.14. The Morgan fingerprint density at radius 1 is 1.29 bits per heavy atom. The Balaban J connectivity index is 2.03. The minimum Gasteiger partial charge on any atom is -0.319 e. The number of benzene rings is 1. The molecular formula is C19H32N2. The van der Waals surface area contributed by atoms with Gasteiger partial charge < -0.3 is 5.32 Å². The molecule has 2 rings (SSSR count). The molecular weight excluding hydrogens is 256 g/mol. The Kier molecular flexibility index (Phi) is 6.25. The van der Waals surface area contributed by atoms with Crippen LogP contribution in [0.3, 0.4) is 0 Å². The van der Waals surface area contributed by atoms with Crippen LogP contribution in [0.5, 0.6) is 0 Å². The van der Waals surface area contributed by atoms with Crippen LogP contribution in [0.25, 0.3) is 0 Å². The lowest BCUT2D eigenvalue weighted by Crippen LogP contribution is -2.45. The molecule has 1 N–H and O–H groups in total. The number of nitrogens with zero attached hydrogens (tertiary/aromatic N) is 1. The third-order valence-electron chi connectivity index (χ3n) is 4.99. The second kappa shape index (κ2) is 7.95. The Morgan fingerprint density at radius 2 is 2.05 bits per heavy atom. The van der Waals surface area contributed by atoms with Gasteiger partial charge in [-0.05, 0) is 43.3 Å². The largest absolute Gasteiger partial charge is 0.319 e. The van der Waals surface area contributed by atoms with Crippen LogP contribution in [-0.4, -0.2) is 31.6 Å². The molecule has 0 aromatic heterocycles. The van der Waals surface area contributed by atoms with Crippen molar-refractivity contribution < 1.29 is 0 Å². The van der Waals surface area contributed by atoms with Crippen LogP contribution >= 0.6 is 0 Å². The zero-order chi connectivity index (χ0) is 15.1. The maximum atomic E-state index is 3.47. The quantitative estimate of drug-likeness (QED) is 0.818. The molecule has 0 heterocycles. The standard InChI is InChI=1S/C19H32N2/c1-4-21(14-18-10-6-5-7-11-18)16-19(15-20-3)12-8-9-17(2)13-19/h5-7,10-11,17,20H,4,8-9,12-16H2,1-3H3. The molecule has 2 atom stereocenters. The van der Waals surface area contributed by atoms with Gasteiger partial charge >= 0.3 is 0 Å². The topological polar surface area (TPSA) is 15.3 Å². The minimum atomic E-state index is 0.469. The zero-order valence-corrected chi connectivity index (χ0v) is 14.1. The van der Waals surface area contributed by atoms with Crippen molar-refractivity contribution >= 4 is 0 Å². The molecule has 2 unspecified atom stereocenters. The molecule has 0 bridgehead atoms. The van der Waals surface area contributed by atoms with Crippen molar-refractivity contribution in [2.45, 2.75) is 46.1 Å². The summed E-state index contributed by atoms with van der Waals surface area (Å²) in [6.45, 7) is 9.32. The predicted octanol–water partition coefficient (Wildman–Crippen LogP) is 3.92. The van der Waals surface area contributed by atoms with Crippen molar-refractivity contribution in [2.75, 3.05) is 26.7 Å². The number of hydrogen-bond acceptors (Lipinski definition) is 2. The molecule has 1 fully saturated rings. The van der Waals surface area contributed by atoms with E-state index in [0.29, 0.717) is 5.41 Å². The second-order valence-corrected chi connectivity index (χ2v) is 7.02. The van der Waals surface area contributed by atoms with Crippen LogP contribution in [-0.2, 0) is 6.54 Å². The summed E-state index contributed by atoms with van der Waals surface area (Å²) in [6, 6.07) is 10.9. The van der Waals surface area contributed by atoms with Gasteiger partial charge in [0.2, 0.25) is 0 Å². The molecule has 1 aliphatic carbocycles. The van der Waals surface area contributed by atoms with Crippen molar-refractivity contribution in [2.24, 2.45) is 11.3 Å². The van der Waals surface area contributed by atoms with Crippen molar-refractivity contribution in [3.63, 3.8) is 0 Å². The van der Waals surface area contributed by atoms with E-state index in [2.05, 4.69) is 61.4 Å². The zero-order valence-electron chi connectivity index (χ0n) is 14.1. The summed E-state index contributed by atoms with van der Waals surface area (Å²) in [7, 11) is 2.11. The summed E-state index contributed by atoms with van der Waals surface area (Å²) in [5, 5.41) is 3.47. The van der Waals surface area contributed by atoms with Crippen LogP contribution < -0.4 is 5.32 Å². The van der Waals surface area contributed by atoms with Gasteiger partial charge in [0.15, 0.2) is 0 Å². The van der Waals surface area contributed by atoms with Crippen LogP contribution in [0.2, 0.25) is 0 Å². The average Bonchev–Trinajstić information content (AvgIpc) is 2.48. The van der Waals surface area contributed by atoms with Gasteiger partial charge in [-0.15, -0.1) is 0 Å². The second-order valence-electron chi connectivity index (χ2n) is 7.02. The summed E-state index contributed by atoms with van der Waals surface area (Å²) >= 11 is 0. The summed E-state index contributed by atoms with van der Waals surface area (Å²) in [5.74, 6) is 0.877. The molecule has 1 aliphatic rings. The maximum Gasteiger partial charge on any atom is 0.0233 e. The lowest BCUT2D eigenvalue weighted by atomic mass is 9.69. The number of nitrogens with one attached hydrogen (secondary N) is 1. The van der Waals surface area contributed by atoms with Gasteiger partial charge in [0.25, 0.3) is 0 Å². The Bertz CT molecular complexity index is 399. The molecule has 2 nitrogen and oxygen atoms in total. The highest BCUT2D eigenvalue weighted by atomic mass is 15.1. The lowest BCUT2D eigenvalue weighted by Gasteiger charge is -2.43. The van der Waals surface area contributed by atoms with Crippen molar-refractivity contribution in [3.8, 4) is 0 Å². The fourth-order valence-corrected chi connectivity index (χ4v) is 4.10. The number of hydrogen-bond donors (Lipinski definition) is 1. The minimum absolute atomic E-state index is 0.469. The fraction of sp³-hybridized carbons (Fsp3) is 0.684. The SMILES string of the molecule is CCN(Cc1ccccc1)CC1(CNC)CCCC(C)C1. The fourth-order valence-electron chi connectivity index (χ4n) is 4.10. The van der Waals surface area contributed by atoms with Crippen LogP contribution in [0.4, 0.5) is 0 Å². The molecule has 1 aromatic carbocycles. The molecule has 0 amide bonds. The van der Waals surface area contributed by atoms with Gasteiger partial charge in [-0.3, -0.25) is 4.90 Å². The van der Waals surface area contributed by atoms with Crippen LogP contribution in [0.15, 0.2) is 30.3 Å². The Hall–Kier alpha value is -0.860. The van der Waals surface area contributed by atoms with Gasteiger partial charge in [-0.1, -0.05) is 57.0 Å². The van der Waals surface area contributed by atoms with Gasteiger partial charge in [0.05, 0.1) is 0 Å². The molecule has 1 saturated carbocycles. The van der Waals surface area contributed by atoms with E-state index in [1.54, 1.807) is 0 Å². The lowest BCUT2D eigenvalue weighted by molar-refractivity contribution is 0.0807. The summed E-state index contributed by atoms with van der Waals surface area (Å²) in [5.41, 5.74) is 1.90. The molecule has 0 radical (unpaired) electrons. The molecule has 118 valence electrons. The maximum absolute atomic E-state index is 3.47. The first-order valence-corrected chi connectivity index (χ1v) is 8.58. The first kappa shape index (κ1) is 16.5. The van der Waals surface area contributed by atoms with Crippen LogP contribution in [0.1, 0.15) is 45.1 Å².